The molecule has 1 aromatic rings. The van der Waals surface area contributed by atoms with Gasteiger partial charge in [0, 0.05) is 49.7 Å². The molecule has 18 heavy (non-hydrogen) atoms. The summed E-state index contributed by atoms with van der Waals surface area (Å²) in [7, 11) is 1.80. The van der Waals surface area contributed by atoms with E-state index in [9.17, 15) is 0 Å². The lowest BCUT2D eigenvalue weighted by molar-refractivity contribution is 0.0787. The van der Waals surface area contributed by atoms with Crippen LogP contribution in [-0.2, 0) is 11.2 Å². The predicted octanol–water partition coefficient (Wildman–Crippen LogP) is 2.29. The molecule has 0 bridgehead atoms. The zero-order valence-corrected chi connectivity index (χ0v) is 11.5. The molecule has 1 fully saturated rings. The topological polar surface area (TPSA) is 15.7 Å². The van der Waals surface area contributed by atoms with E-state index in [0.29, 0.717) is 12.1 Å². The molecule has 2 aliphatic rings. The molecule has 3 rings (SSSR count). The zero-order chi connectivity index (χ0) is 12.7. The van der Waals surface area contributed by atoms with Crippen molar-refractivity contribution in [3.8, 4) is 0 Å². The number of rotatable bonds is 3. The minimum absolute atomic E-state index is 0.420. The van der Waals surface area contributed by atoms with Gasteiger partial charge in [-0.1, -0.05) is 6.07 Å². The lowest BCUT2D eigenvalue weighted by Gasteiger charge is -2.41. The number of methoxy groups -OCH3 is 1. The van der Waals surface area contributed by atoms with Crippen LogP contribution in [0.5, 0.6) is 0 Å². The molecular weight excluding hydrogens is 224 g/mol. The molecule has 0 unspecified atom stereocenters. The minimum Gasteiger partial charge on any atom is -0.378 e. The summed E-state index contributed by atoms with van der Waals surface area (Å²) in [5.74, 6) is 0. The van der Waals surface area contributed by atoms with Crippen molar-refractivity contribution in [1.82, 2.24) is 0 Å². The van der Waals surface area contributed by atoms with E-state index in [1.165, 1.54) is 23.4 Å². The second kappa shape index (κ2) is 4.47. The molecular formula is C15H22N2O. The zero-order valence-electron chi connectivity index (χ0n) is 11.5. The summed E-state index contributed by atoms with van der Waals surface area (Å²) in [4.78, 5) is 4.95. The Hall–Kier alpha value is -1.22. The fraction of sp³-hybridized carbons (Fsp3) is 0.600. The number of fused-ring (bicyclic) bond motifs is 1. The lowest BCUT2D eigenvalue weighted by Crippen LogP contribution is -2.52. The monoisotopic (exact) mass is 246 g/mol. The number of benzene rings is 1. The molecule has 0 aromatic heterocycles. The van der Waals surface area contributed by atoms with Crippen molar-refractivity contribution in [1.29, 1.82) is 0 Å². The first kappa shape index (κ1) is 11.8. The van der Waals surface area contributed by atoms with Crippen LogP contribution in [0, 0.1) is 0 Å². The van der Waals surface area contributed by atoms with Gasteiger partial charge in [0.15, 0.2) is 0 Å². The fourth-order valence-corrected chi connectivity index (χ4v) is 3.06. The van der Waals surface area contributed by atoms with Crippen LogP contribution >= 0.6 is 0 Å². The van der Waals surface area contributed by atoms with E-state index in [2.05, 4.69) is 41.8 Å². The number of anilines is 2. The Balaban J connectivity index is 1.86. The highest BCUT2D eigenvalue weighted by molar-refractivity contribution is 5.71. The second-order valence-corrected chi connectivity index (χ2v) is 5.57. The van der Waals surface area contributed by atoms with Gasteiger partial charge in [-0.25, -0.2) is 0 Å². The molecule has 0 radical (unpaired) electrons. The minimum atomic E-state index is 0.420. The van der Waals surface area contributed by atoms with Crippen LogP contribution in [0.25, 0.3) is 0 Å². The van der Waals surface area contributed by atoms with Crippen LogP contribution in [0.3, 0.4) is 0 Å². The summed E-state index contributed by atoms with van der Waals surface area (Å²) in [5, 5.41) is 0. The highest BCUT2D eigenvalue weighted by Gasteiger charge is 2.31. The fourth-order valence-electron chi connectivity index (χ4n) is 3.06. The maximum Gasteiger partial charge on any atom is 0.0920 e. The van der Waals surface area contributed by atoms with Gasteiger partial charge in [-0.15, -0.1) is 0 Å². The highest BCUT2D eigenvalue weighted by Crippen LogP contribution is 2.38. The van der Waals surface area contributed by atoms with Crippen LogP contribution in [0.4, 0.5) is 11.4 Å². The molecule has 98 valence electrons. The molecule has 0 aliphatic carbocycles. The van der Waals surface area contributed by atoms with E-state index in [1.807, 2.05) is 0 Å². The first-order valence-corrected chi connectivity index (χ1v) is 6.87. The third-order valence-electron chi connectivity index (χ3n) is 4.18. The molecule has 2 aliphatic heterocycles. The summed E-state index contributed by atoms with van der Waals surface area (Å²) >= 11 is 0. The molecule has 0 amide bonds. The molecule has 0 saturated carbocycles. The number of ether oxygens (including phenoxy) is 1. The number of hydrogen-bond acceptors (Lipinski definition) is 3. The predicted molar refractivity (Wildman–Crippen MR) is 75.6 cm³/mol. The van der Waals surface area contributed by atoms with Gasteiger partial charge >= 0.3 is 0 Å². The van der Waals surface area contributed by atoms with Crippen LogP contribution in [0.1, 0.15) is 19.4 Å². The Morgan fingerprint density at radius 1 is 1.22 bits per heavy atom. The van der Waals surface area contributed by atoms with E-state index in [4.69, 9.17) is 4.74 Å². The maximum absolute atomic E-state index is 5.36. The van der Waals surface area contributed by atoms with Gasteiger partial charge in [-0.05, 0) is 32.4 Å². The quantitative estimate of drug-likeness (QED) is 0.814. The first-order chi connectivity index (χ1) is 8.70. The van der Waals surface area contributed by atoms with Gasteiger partial charge in [0.1, 0.15) is 0 Å². The molecule has 2 heterocycles. The van der Waals surface area contributed by atoms with Crippen molar-refractivity contribution in [3.05, 3.63) is 23.8 Å². The van der Waals surface area contributed by atoms with Crippen molar-refractivity contribution in [2.75, 3.05) is 36.5 Å². The van der Waals surface area contributed by atoms with Gasteiger partial charge in [-0.2, -0.15) is 0 Å². The average Bonchev–Trinajstić information content (AvgIpc) is 2.72. The van der Waals surface area contributed by atoms with Crippen LogP contribution in [0.15, 0.2) is 18.2 Å². The molecule has 1 saturated heterocycles. The highest BCUT2D eigenvalue weighted by atomic mass is 16.5. The Kier molecular flexibility index (Phi) is 2.94. The number of hydrogen-bond donors (Lipinski definition) is 0. The van der Waals surface area contributed by atoms with Crippen molar-refractivity contribution in [3.63, 3.8) is 0 Å². The third-order valence-corrected chi connectivity index (χ3v) is 4.18. The second-order valence-electron chi connectivity index (χ2n) is 5.57. The van der Waals surface area contributed by atoms with E-state index < -0.39 is 0 Å². The van der Waals surface area contributed by atoms with Gasteiger partial charge in [-0.3, -0.25) is 0 Å². The van der Waals surface area contributed by atoms with E-state index in [0.717, 1.165) is 19.6 Å². The third kappa shape index (κ3) is 1.77. The Bertz CT molecular complexity index is 438. The maximum atomic E-state index is 5.36. The smallest absolute Gasteiger partial charge is 0.0920 e. The van der Waals surface area contributed by atoms with Gasteiger partial charge in [0.05, 0.1) is 6.10 Å². The molecule has 0 N–H and O–H groups in total. The molecule has 3 nitrogen and oxygen atoms in total. The van der Waals surface area contributed by atoms with E-state index in [-0.39, 0.29) is 0 Å². The van der Waals surface area contributed by atoms with Crippen molar-refractivity contribution >= 4 is 11.4 Å². The Morgan fingerprint density at radius 2 is 1.94 bits per heavy atom. The lowest BCUT2D eigenvalue weighted by atomic mass is 10.0. The van der Waals surface area contributed by atoms with Crippen LogP contribution < -0.4 is 9.80 Å². The molecule has 1 aromatic carbocycles. The first-order valence-electron chi connectivity index (χ1n) is 6.87. The standard InChI is InChI=1S/C15H22N2O/c1-11(2)17-8-7-13-14(5-4-6-15(13)17)16-9-12(10-16)18-3/h4-6,11-12H,7-10H2,1-3H3. The summed E-state index contributed by atoms with van der Waals surface area (Å²) < 4.78 is 5.36. The van der Waals surface area contributed by atoms with Crippen molar-refractivity contribution in [2.45, 2.75) is 32.4 Å². The van der Waals surface area contributed by atoms with Gasteiger partial charge < -0.3 is 14.5 Å². The Morgan fingerprint density at radius 3 is 2.61 bits per heavy atom. The van der Waals surface area contributed by atoms with Crippen LogP contribution in [0.2, 0.25) is 0 Å². The van der Waals surface area contributed by atoms with Crippen molar-refractivity contribution < 1.29 is 4.74 Å². The van der Waals surface area contributed by atoms with E-state index >= 15 is 0 Å². The number of nitrogens with zero attached hydrogens (tertiary/aromatic N) is 2. The summed E-state index contributed by atoms with van der Waals surface area (Å²) in [6, 6.07) is 7.30. The molecule has 3 heteroatoms. The molecule has 0 spiro atoms. The van der Waals surface area contributed by atoms with Gasteiger partial charge in [0.25, 0.3) is 0 Å². The largest absolute Gasteiger partial charge is 0.378 e. The van der Waals surface area contributed by atoms with Crippen LogP contribution in [-0.4, -0.2) is 38.9 Å². The molecule has 0 atom stereocenters. The average molecular weight is 246 g/mol. The summed E-state index contributed by atoms with van der Waals surface area (Å²) in [6.07, 6.45) is 1.60. The normalized spacial score (nSPS) is 19.3. The SMILES string of the molecule is COC1CN(c2cccc3c2CCN3C(C)C)C1. The summed E-state index contributed by atoms with van der Waals surface area (Å²) in [6.45, 7) is 7.77. The van der Waals surface area contributed by atoms with Gasteiger partial charge in [0.2, 0.25) is 0 Å². The van der Waals surface area contributed by atoms with Crippen molar-refractivity contribution in [2.24, 2.45) is 0 Å². The summed E-state index contributed by atoms with van der Waals surface area (Å²) in [5.41, 5.74) is 4.38. The Labute approximate surface area is 109 Å². The van der Waals surface area contributed by atoms with E-state index in [1.54, 1.807) is 7.11 Å².